The highest BCUT2D eigenvalue weighted by Crippen LogP contribution is 2.33. The zero-order valence-electron chi connectivity index (χ0n) is 22.9. The monoisotopic (exact) mass is 540 g/mol. The number of anilines is 1. The van der Waals surface area contributed by atoms with E-state index < -0.39 is 0 Å². The number of pyridine rings is 1. The first-order valence-electron chi connectivity index (χ1n) is 14.4. The Bertz CT molecular complexity index is 1560. The molecule has 1 fully saturated rings. The summed E-state index contributed by atoms with van der Waals surface area (Å²) in [6, 6.07) is 16.9. The molecule has 1 N–H and O–H groups in total. The van der Waals surface area contributed by atoms with Gasteiger partial charge in [-0.1, -0.05) is 18.2 Å². The molecule has 0 spiro atoms. The fourth-order valence-electron chi connectivity index (χ4n) is 5.83. The topological polar surface area (TPSA) is 87.9 Å². The summed E-state index contributed by atoms with van der Waals surface area (Å²) in [6.45, 7) is 5.76. The number of rotatable bonds is 9. The molecule has 1 aliphatic carbocycles. The number of amides is 1. The van der Waals surface area contributed by atoms with Crippen LogP contribution in [0.2, 0.25) is 0 Å². The molecule has 8 nitrogen and oxygen atoms in total. The molecule has 40 heavy (non-hydrogen) atoms. The Hall–Kier alpha value is -3.75. The summed E-state index contributed by atoms with van der Waals surface area (Å²) in [6.07, 6.45) is 6.26. The molecule has 0 radical (unpaired) electrons. The van der Waals surface area contributed by atoms with Crippen molar-refractivity contribution in [1.82, 2.24) is 14.8 Å². The Morgan fingerprint density at radius 3 is 2.65 bits per heavy atom. The number of nitrogens with zero attached hydrogens (tertiary/aromatic N) is 3. The molecular weight excluding hydrogens is 504 g/mol. The smallest absolute Gasteiger partial charge is 0.336 e. The molecule has 2 aromatic carbocycles. The predicted molar refractivity (Wildman–Crippen MR) is 157 cm³/mol. The van der Waals surface area contributed by atoms with Gasteiger partial charge in [-0.25, -0.2) is 4.79 Å². The van der Waals surface area contributed by atoms with Crippen molar-refractivity contribution in [3.63, 3.8) is 0 Å². The van der Waals surface area contributed by atoms with Gasteiger partial charge in [-0.2, -0.15) is 0 Å². The van der Waals surface area contributed by atoms with E-state index >= 15 is 0 Å². The number of benzene rings is 2. The number of para-hydroxylation sites is 1. The second-order valence-electron chi connectivity index (χ2n) is 10.8. The van der Waals surface area contributed by atoms with E-state index in [1.807, 2.05) is 30.3 Å². The number of nitrogens with one attached hydrogen (secondary N) is 1. The van der Waals surface area contributed by atoms with E-state index in [2.05, 4.69) is 21.2 Å². The minimum Gasteiger partial charge on any atom is -0.493 e. The fourth-order valence-corrected chi connectivity index (χ4v) is 5.83. The molecule has 208 valence electrons. The molecule has 4 aromatic rings. The van der Waals surface area contributed by atoms with Gasteiger partial charge in [-0.3, -0.25) is 14.7 Å². The van der Waals surface area contributed by atoms with Crippen molar-refractivity contribution in [2.24, 2.45) is 0 Å². The lowest BCUT2D eigenvalue weighted by Crippen LogP contribution is -2.48. The first-order chi connectivity index (χ1) is 19.6. The average Bonchev–Trinajstić information content (AvgIpc) is 2.97. The highest BCUT2D eigenvalue weighted by molar-refractivity contribution is 6.03. The zero-order valence-corrected chi connectivity index (χ0v) is 22.9. The summed E-state index contributed by atoms with van der Waals surface area (Å²) < 4.78 is 11.1. The normalized spacial score (nSPS) is 16.2. The van der Waals surface area contributed by atoms with Crippen LogP contribution in [0.25, 0.3) is 21.9 Å². The lowest BCUT2D eigenvalue weighted by atomic mass is 9.92. The summed E-state index contributed by atoms with van der Waals surface area (Å²) in [4.78, 5) is 34.2. The van der Waals surface area contributed by atoms with Gasteiger partial charge in [0.15, 0.2) is 0 Å². The molecule has 2 aliphatic rings. The molecule has 0 saturated carbocycles. The average molecular weight is 541 g/mol. The number of hydrogen-bond donors (Lipinski definition) is 1. The Morgan fingerprint density at radius 2 is 1.75 bits per heavy atom. The van der Waals surface area contributed by atoms with Crippen LogP contribution in [0.15, 0.2) is 63.8 Å². The molecule has 0 atom stereocenters. The molecule has 0 unspecified atom stereocenters. The molecule has 3 heterocycles. The van der Waals surface area contributed by atoms with Crippen molar-refractivity contribution in [3.05, 3.63) is 76.3 Å². The van der Waals surface area contributed by atoms with Gasteiger partial charge in [-0.15, -0.1) is 0 Å². The molecule has 1 amide bonds. The van der Waals surface area contributed by atoms with E-state index in [1.54, 1.807) is 12.1 Å². The highest BCUT2D eigenvalue weighted by atomic mass is 16.5. The number of piperazine rings is 1. The second kappa shape index (κ2) is 12.2. The van der Waals surface area contributed by atoms with E-state index in [9.17, 15) is 9.59 Å². The van der Waals surface area contributed by atoms with Gasteiger partial charge in [-0.05, 0) is 74.9 Å². The van der Waals surface area contributed by atoms with Crippen molar-refractivity contribution < 1.29 is 13.9 Å². The SMILES string of the molecule is O=C(CN1CCN(CCCCOc2ccc3ccc(=O)oc3c2)CC1)Nc1c2c(nc3ccccc13)CCCC2. The molecular formula is C32H36N4O4. The van der Waals surface area contributed by atoms with Gasteiger partial charge in [0.2, 0.25) is 5.91 Å². The van der Waals surface area contributed by atoms with Crippen LogP contribution in [0.3, 0.4) is 0 Å². The first-order valence-corrected chi connectivity index (χ1v) is 14.4. The van der Waals surface area contributed by atoms with E-state index in [-0.39, 0.29) is 11.5 Å². The van der Waals surface area contributed by atoms with Gasteiger partial charge in [0.1, 0.15) is 11.3 Å². The number of carbonyl (C=O) groups excluding carboxylic acids is 1. The number of carbonyl (C=O) groups is 1. The molecule has 1 aliphatic heterocycles. The summed E-state index contributed by atoms with van der Waals surface area (Å²) >= 11 is 0. The largest absolute Gasteiger partial charge is 0.493 e. The molecule has 2 aromatic heterocycles. The standard InChI is InChI=1S/C32H36N4O4/c37-30(34-32-25-7-1-3-9-27(25)33-28-10-4-2-8-26(28)32)22-36-18-16-35(17-19-36)15-5-6-20-39-24-13-11-23-12-14-31(38)40-29(23)21-24/h1,3,7,9,11-14,21H,2,4-6,8,10,15-20,22H2,(H,33,34,37). The van der Waals surface area contributed by atoms with Crippen LogP contribution >= 0.6 is 0 Å². The van der Waals surface area contributed by atoms with Gasteiger partial charge >= 0.3 is 5.63 Å². The summed E-state index contributed by atoms with van der Waals surface area (Å²) in [5.41, 5.74) is 4.49. The predicted octanol–water partition coefficient (Wildman–Crippen LogP) is 4.64. The maximum Gasteiger partial charge on any atom is 0.336 e. The zero-order chi connectivity index (χ0) is 27.3. The number of ether oxygens (including phenoxy) is 1. The summed E-state index contributed by atoms with van der Waals surface area (Å²) in [5, 5.41) is 5.20. The van der Waals surface area contributed by atoms with Crippen LogP contribution in [0, 0.1) is 0 Å². The van der Waals surface area contributed by atoms with Gasteiger partial charge in [0.25, 0.3) is 0 Å². The van der Waals surface area contributed by atoms with Crippen molar-refractivity contribution >= 4 is 33.5 Å². The number of hydrogen-bond acceptors (Lipinski definition) is 7. The Labute approximate surface area is 233 Å². The van der Waals surface area contributed by atoms with Crippen molar-refractivity contribution in [1.29, 1.82) is 0 Å². The van der Waals surface area contributed by atoms with E-state index in [0.717, 1.165) is 98.9 Å². The second-order valence-corrected chi connectivity index (χ2v) is 10.8. The van der Waals surface area contributed by atoms with E-state index in [0.29, 0.717) is 24.5 Å². The molecule has 8 heteroatoms. The van der Waals surface area contributed by atoms with Crippen LogP contribution in [-0.4, -0.2) is 66.6 Å². The number of unbranched alkanes of at least 4 members (excludes halogenated alkanes) is 1. The lowest BCUT2D eigenvalue weighted by Gasteiger charge is -2.34. The number of fused-ring (bicyclic) bond motifs is 3. The summed E-state index contributed by atoms with van der Waals surface area (Å²) in [7, 11) is 0. The molecule has 0 bridgehead atoms. The van der Waals surface area contributed by atoms with Crippen LogP contribution in [0.4, 0.5) is 5.69 Å². The van der Waals surface area contributed by atoms with Crippen LogP contribution < -0.4 is 15.7 Å². The minimum absolute atomic E-state index is 0.0580. The van der Waals surface area contributed by atoms with Crippen molar-refractivity contribution in [2.75, 3.05) is 51.2 Å². The van der Waals surface area contributed by atoms with Gasteiger partial charge in [0.05, 0.1) is 24.4 Å². The molecule has 1 saturated heterocycles. The van der Waals surface area contributed by atoms with E-state index in [1.165, 1.54) is 11.6 Å². The van der Waals surface area contributed by atoms with Gasteiger partial charge < -0.3 is 19.4 Å². The van der Waals surface area contributed by atoms with Crippen molar-refractivity contribution in [2.45, 2.75) is 38.5 Å². The molecule has 6 rings (SSSR count). The van der Waals surface area contributed by atoms with Crippen LogP contribution in [-0.2, 0) is 17.6 Å². The van der Waals surface area contributed by atoms with E-state index in [4.69, 9.17) is 14.1 Å². The third kappa shape index (κ3) is 6.18. The number of aromatic nitrogens is 1. The lowest BCUT2D eigenvalue weighted by molar-refractivity contribution is -0.117. The first kappa shape index (κ1) is 26.5. The fraction of sp³-hybridized carbons (Fsp3) is 0.406. The van der Waals surface area contributed by atoms with Gasteiger partial charge in [0, 0.05) is 54.8 Å². The number of aryl methyl sites for hydroxylation is 1. The third-order valence-corrected chi connectivity index (χ3v) is 8.00. The van der Waals surface area contributed by atoms with Crippen molar-refractivity contribution in [3.8, 4) is 5.75 Å². The van der Waals surface area contributed by atoms with Crippen LogP contribution in [0.1, 0.15) is 36.9 Å². The third-order valence-electron chi connectivity index (χ3n) is 8.00. The quantitative estimate of drug-likeness (QED) is 0.245. The minimum atomic E-state index is -0.355. The Morgan fingerprint density at radius 1 is 0.950 bits per heavy atom. The Kier molecular flexibility index (Phi) is 8.07. The summed E-state index contributed by atoms with van der Waals surface area (Å²) in [5.74, 6) is 0.775. The highest BCUT2D eigenvalue weighted by Gasteiger charge is 2.22. The maximum absolute atomic E-state index is 13.1. The maximum atomic E-state index is 13.1. The Balaban J connectivity index is 0.937. The van der Waals surface area contributed by atoms with Crippen LogP contribution in [0.5, 0.6) is 5.75 Å².